The van der Waals surface area contributed by atoms with Gasteiger partial charge in [-0.2, -0.15) is 0 Å². The van der Waals surface area contributed by atoms with Gasteiger partial charge in [-0.1, -0.05) is 127 Å². The molecule has 4 heterocycles. The van der Waals surface area contributed by atoms with Crippen molar-refractivity contribution in [2.75, 3.05) is 0 Å². The fraction of sp³-hybridized carbons (Fsp3) is 0. The van der Waals surface area contributed by atoms with Crippen molar-refractivity contribution in [2.45, 2.75) is 0 Å². The molecular weight excluding hydrogens is 691 g/mol. The molecule has 0 bridgehead atoms. The third kappa shape index (κ3) is 4.26. The van der Waals surface area contributed by atoms with Crippen molar-refractivity contribution in [3.63, 3.8) is 0 Å². The van der Waals surface area contributed by atoms with Gasteiger partial charge < -0.3 is 13.5 Å². The van der Waals surface area contributed by atoms with E-state index in [-0.39, 0.29) is 0 Å². The van der Waals surface area contributed by atoms with Crippen molar-refractivity contribution in [3.05, 3.63) is 200 Å². The first-order valence-corrected chi connectivity index (χ1v) is 19.7. The van der Waals surface area contributed by atoms with Crippen molar-refractivity contribution < 1.29 is 0 Å². The number of fused-ring (bicyclic) bond motifs is 12. The largest absolute Gasteiger partial charge is 0.309 e. The van der Waals surface area contributed by atoms with Gasteiger partial charge in [0.25, 0.3) is 0 Å². The van der Waals surface area contributed by atoms with Crippen LogP contribution in [0.1, 0.15) is 0 Å². The van der Waals surface area contributed by atoms with Crippen LogP contribution in [0.5, 0.6) is 0 Å². The second kappa shape index (κ2) is 11.5. The predicted molar refractivity (Wildman–Crippen MR) is 241 cm³/mol. The first-order valence-electron chi connectivity index (χ1n) is 19.7. The maximum atomic E-state index is 2.47. The van der Waals surface area contributed by atoms with Gasteiger partial charge in [0.2, 0.25) is 0 Å². The maximum absolute atomic E-state index is 2.47. The van der Waals surface area contributed by atoms with Crippen LogP contribution >= 0.6 is 0 Å². The molecule has 0 atom stereocenters. The predicted octanol–water partition coefficient (Wildman–Crippen LogP) is 14.4. The third-order valence-electron chi connectivity index (χ3n) is 12.4. The SMILES string of the molecule is c1ccc(-n2c3ccccc3c3cc(-c4cccc(-n5c6ccccc6c6cc(-c7ccc8c9cccc%10c%11ccccc%11n(c8c7)c%109)ccc65)c4)ccc32)cc1. The minimum absolute atomic E-state index is 1.15. The first kappa shape index (κ1) is 30.7. The van der Waals surface area contributed by atoms with E-state index in [1.165, 1.54) is 110 Å². The molecular formula is C54H33N3. The zero-order valence-corrected chi connectivity index (χ0v) is 30.9. The Morgan fingerprint density at radius 2 is 0.667 bits per heavy atom. The Kier molecular flexibility index (Phi) is 6.16. The number of nitrogens with zero attached hydrogens (tertiary/aromatic N) is 3. The Hall–Kier alpha value is -7.62. The number of rotatable bonds is 4. The fourth-order valence-corrected chi connectivity index (χ4v) is 9.87. The van der Waals surface area contributed by atoms with Crippen LogP contribution < -0.4 is 0 Å². The smallest absolute Gasteiger partial charge is 0.0620 e. The summed E-state index contributed by atoms with van der Waals surface area (Å²) in [6, 6.07) is 73.7. The summed E-state index contributed by atoms with van der Waals surface area (Å²) in [6.07, 6.45) is 0. The first-order chi connectivity index (χ1) is 28.3. The number of aromatic nitrogens is 3. The van der Waals surface area contributed by atoms with E-state index in [1.807, 2.05) is 0 Å². The molecule has 13 aromatic rings. The van der Waals surface area contributed by atoms with Crippen molar-refractivity contribution in [1.29, 1.82) is 0 Å². The van der Waals surface area contributed by atoms with Gasteiger partial charge in [0.15, 0.2) is 0 Å². The highest BCUT2D eigenvalue weighted by atomic mass is 15.0. The molecule has 0 saturated carbocycles. The number of benzene rings is 9. The van der Waals surface area contributed by atoms with Crippen LogP contribution in [-0.4, -0.2) is 13.5 Å². The molecule has 0 unspecified atom stereocenters. The summed E-state index contributed by atoms with van der Waals surface area (Å²) < 4.78 is 7.27. The van der Waals surface area contributed by atoms with Crippen LogP contribution in [0.2, 0.25) is 0 Å². The molecule has 0 radical (unpaired) electrons. The van der Waals surface area contributed by atoms with Gasteiger partial charge >= 0.3 is 0 Å². The summed E-state index contributed by atoms with van der Waals surface area (Å²) in [6.45, 7) is 0. The van der Waals surface area contributed by atoms with Gasteiger partial charge in [-0.3, -0.25) is 0 Å². The van der Waals surface area contributed by atoms with Crippen molar-refractivity contribution >= 4 is 81.7 Å². The van der Waals surface area contributed by atoms with Crippen LogP contribution in [-0.2, 0) is 0 Å². The van der Waals surface area contributed by atoms with Crippen LogP contribution in [0.15, 0.2) is 200 Å². The van der Waals surface area contributed by atoms with Gasteiger partial charge in [-0.15, -0.1) is 0 Å². The van der Waals surface area contributed by atoms with E-state index >= 15 is 0 Å². The second-order valence-corrected chi connectivity index (χ2v) is 15.3. The lowest BCUT2D eigenvalue weighted by molar-refractivity contribution is 1.18. The lowest BCUT2D eigenvalue weighted by Crippen LogP contribution is -1.94. The highest BCUT2D eigenvalue weighted by Gasteiger charge is 2.19. The zero-order chi connectivity index (χ0) is 37.2. The molecule has 0 aliphatic rings. The van der Waals surface area contributed by atoms with Gasteiger partial charge in [0, 0.05) is 54.5 Å². The molecule has 0 aliphatic heterocycles. The standard InChI is InChI=1S/C54H33N3/c1-2-13-38(14-3-1)55-48-21-7-5-17-41(48)46-31-35(25-28-51(46)55)34-12-10-15-39(30-34)56-49-22-8-6-18-42(49)47-32-36(26-29-52(47)56)37-24-27-43-45-20-11-19-44-40-16-4-9-23-50(40)57(54(44)45)53(43)33-37/h1-33H. The molecule has 0 amide bonds. The zero-order valence-electron chi connectivity index (χ0n) is 30.9. The van der Waals surface area contributed by atoms with Crippen LogP contribution in [0, 0.1) is 0 Å². The molecule has 0 fully saturated rings. The van der Waals surface area contributed by atoms with E-state index in [0.29, 0.717) is 0 Å². The van der Waals surface area contributed by atoms with E-state index in [2.05, 4.69) is 214 Å². The summed E-state index contributed by atoms with van der Waals surface area (Å²) in [5, 5.41) is 10.2. The molecule has 3 heteroatoms. The van der Waals surface area contributed by atoms with Gasteiger partial charge in [-0.25, -0.2) is 0 Å². The maximum Gasteiger partial charge on any atom is 0.0620 e. The Balaban J connectivity index is 0.958. The van der Waals surface area contributed by atoms with E-state index in [4.69, 9.17) is 0 Å². The van der Waals surface area contributed by atoms with Crippen molar-refractivity contribution in [3.8, 4) is 33.6 Å². The monoisotopic (exact) mass is 723 g/mol. The normalized spacial score (nSPS) is 12.2. The highest BCUT2D eigenvalue weighted by molar-refractivity contribution is 6.23. The molecule has 3 nitrogen and oxygen atoms in total. The second-order valence-electron chi connectivity index (χ2n) is 15.3. The average Bonchev–Trinajstić information content (AvgIpc) is 4.00. The minimum Gasteiger partial charge on any atom is -0.309 e. The molecule has 264 valence electrons. The summed E-state index contributed by atoms with van der Waals surface area (Å²) in [5.74, 6) is 0. The molecule has 9 aromatic carbocycles. The molecule has 0 saturated heterocycles. The summed E-state index contributed by atoms with van der Waals surface area (Å²) >= 11 is 0. The molecule has 0 aliphatic carbocycles. The number of hydrogen-bond acceptors (Lipinski definition) is 0. The summed E-state index contributed by atoms with van der Waals surface area (Å²) in [5.41, 5.74) is 15.8. The van der Waals surface area contributed by atoms with E-state index < -0.39 is 0 Å². The Labute approximate surface area is 327 Å². The minimum atomic E-state index is 1.15. The van der Waals surface area contributed by atoms with Gasteiger partial charge in [0.1, 0.15) is 0 Å². The lowest BCUT2D eigenvalue weighted by atomic mass is 10.0. The van der Waals surface area contributed by atoms with Gasteiger partial charge in [0.05, 0.1) is 38.6 Å². The van der Waals surface area contributed by atoms with Gasteiger partial charge in [-0.05, 0) is 95.1 Å². The molecule has 0 N–H and O–H groups in total. The molecule has 57 heavy (non-hydrogen) atoms. The Morgan fingerprint density at radius 1 is 0.228 bits per heavy atom. The van der Waals surface area contributed by atoms with Crippen molar-refractivity contribution in [2.24, 2.45) is 0 Å². The van der Waals surface area contributed by atoms with Crippen molar-refractivity contribution in [1.82, 2.24) is 13.5 Å². The van der Waals surface area contributed by atoms with Crippen LogP contribution in [0.3, 0.4) is 0 Å². The molecule has 0 spiro atoms. The van der Waals surface area contributed by atoms with E-state index in [1.54, 1.807) is 0 Å². The summed E-state index contributed by atoms with van der Waals surface area (Å²) in [4.78, 5) is 0. The quantitative estimate of drug-likeness (QED) is 0.172. The van der Waals surface area contributed by atoms with E-state index in [0.717, 1.165) is 5.69 Å². The lowest BCUT2D eigenvalue weighted by Gasteiger charge is -2.11. The van der Waals surface area contributed by atoms with E-state index in [9.17, 15) is 0 Å². The average molecular weight is 724 g/mol. The molecule has 4 aromatic heterocycles. The Morgan fingerprint density at radius 3 is 1.33 bits per heavy atom. The summed E-state index contributed by atoms with van der Waals surface area (Å²) in [7, 11) is 0. The highest BCUT2D eigenvalue weighted by Crippen LogP contribution is 2.42. The third-order valence-corrected chi connectivity index (χ3v) is 12.4. The van der Waals surface area contributed by atoms with Crippen LogP contribution in [0.4, 0.5) is 0 Å². The fourth-order valence-electron chi connectivity index (χ4n) is 9.87. The molecule has 13 rings (SSSR count). The van der Waals surface area contributed by atoms with Crippen LogP contribution in [0.25, 0.3) is 115 Å². The topological polar surface area (TPSA) is 14.3 Å². The number of hydrogen-bond donors (Lipinski definition) is 0. The Bertz CT molecular complexity index is 3750. The number of para-hydroxylation sites is 5.